The van der Waals surface area contributed by atoms with Crippen LogP contribution in [0.15, 0.2) is 36.4 Å². The molecule has 1 amide bonds. The molecule has 0 spiro atoms. The van der Waals surface area contributed by atoms with Crippen molar-refractivity contribution in [2.45, 2.75) is 20.5 Å². The first kappa shape index (κ1) is 16.9. The molecule has 2 heterocycles. The molecule has 6 nitrogen and oxygen atoms in total. The summed E-state index contributed by atoms with van der Waals surface area (Å²) in [6, 6.07) is 11.1. The van der Waals surface area contributed by atoms with Crippen molar-refractivity contribution in [2.75, 3.05) is 5.32 Å². The van der Waals surface area contributed by atoms with Crippen LogP contribution >= 0.6 is 11.3 Å². The third kappa shape index (κ3) is 3.61. The van der Waals surface area contributed by atoms with Crippen LogP contribution in [0.25, 0.3) is 10.2 Å². The monoisotopic (exact) mass is 356 g/mol. The van der Waals surface area contributed by atoms with Crippen molar-refractivity contribution >= 4 is 39.3 Å². The van der Waals surface area contributed by atoms with E-state index in [1.165, 1.54) is 0 Å². The fourth-order valence-corrected chi connectivity index (χ4v) is 3.66. The average molecular weight is 356 g/mol. The smallest absolute Gasteiger partial charge is 0.412 e. The van der Waals surface area contributed by atoms with Crippen molar-refractivity contribution in [3.8, 4) is 0 Å². The quantitative estimate of drug-likeness (QED) is 0.725. The predicted octanol–water partition coefficient (Wildman–Crippen LogP) is 4.36. The predicted molar refractivity (Wildman–Crippen MR) is 96.3 cm³/mol. The molecule has 128 valence electrons. The fraction of sp³-hybridized carbons (Fsp3) is 0.167. The van der Waals surface area contributed by atoms with Crippen LogP contribution in [0, 0.1) is 13.8 Å². The molecule has 0 bridgehead atoms. The molecule has 25 heavy (non-hydrogen) atoms. The number of carbonyl (C=O) groups is 2. The molecule has 0 aliphatic heterocycles. The van der Waals surface area contributed by atoms with Crippen molar-refractivity contribution in [1.82, 2.24) is 4.98 Å². The Balaban J connectivity index is 1.88. The van der Waals surface area contributed by atoms with E-state index in [0.29, 0.717) is 10.2 Å². The first-order valence-electron chi connectivity index (χ1n) is 7.57. The number of fused-ring (bicyclic) bond motifs is 1. The van der Waals surface area contributed by atoms with Gasteiger partial charge in [0.15, 0.2) is 0 Å². The second kappa shape index (κ2) is 6.90. The molecule has 0 saturated carbocycles. The molecular formula is C18H16N2O4S. The first-order valence-corrected chi connectivity index (χ1v) is 8.39. The Kier molecular flexibility index (Phi) is 4.67. The summed E-state index contributed by atoms with van der Waals surface area (Å²) in [5.74, 6) is -1.11. The minimum absolute atomic E-state index is 0.0351. The van der Waals surface area contributed by atoms with E-state index in [1.807, 2.05) is 50.2 Å². The molecule has 0 saturated heterocycles. The molecule has 1 aromatic carbocycles. The number of benzene rings is 1. The van der Waals surface area contributed by atoms with Crippen LogP contribution in [0.5, 0.6) is 0 Å². The highest BCUT2D eigenvalue weighted by atomic mass is 32.1. The van der Waals surface area contributed by atoms with Gasteiger partial charge in [-0.1, -0.05) is 30.3 Å². The van der Waals surface area contributed by atoms with Gasteiger partial charge in [-0.05, 0) is 31.0 Å². The Bertz CT molecular complexity index is 951. The van der Waals surface area contributed by atoms with Crippen LogP contribution in [0.4, 0.5) is 10.5 Å². The van der Waals surface area contributed by atoms with E-state index in [2.05, 4.69) is 10.3 Å². The van der Waals surface area contributed by atoms with Crippen molar-refractivity contribution in [1.29, 1.82) is 0 Å². The summed E-state index contributed by atoms with van der Waals surface area (Å²) >= 11 is 1.04. The van der Waals surface area contributed by atoms with Gasteiger partial charge in [-0.3, -0.25) is 5.32 Å². The van der Waals surface area contributed by atoms with Crippen molar-refractivity contribution in [3.05, 3.63) is 58.1 Å². The third-order valence-corrected chi connectivity index (χ3v) is 4.69. The van der Waals surface area contributed by atoms with E-state index in [0.717, 1.165) is 28.2 Å². The van der Waals surface area contributed by atoms with Gasteiger partial charge >= 0.3 is 12.1 Å². The number of thiophene rings is 1. The molecule has 2 aromatic heterocycles. The summed E-state index contributed by atoms with van der Waals surface area (Å²) in [5.41, 5.74) is 2.72. The SMILES string of the molecule is Cc1cc(C)c2c(NC(=O)OCc3ccccc3)c(C(=O)O)sc2n1. The average Bonchev–Trinajstić information content (AvgIpc) is 2.92. The van der Waals surface area contributed by atoms with Crippen LogP contribution < -0.4 is 5.32 Å². The van der Waals surface area contributed by atoms with E-state index < -0.39 is 12.1 Å². The standard InChI is InChI=1S/C18H16N2O4S/c1-10-8-11(2)19-16-13(10)14(15(25-16)17(21)22)20-18(23)24-9-12-6-4-3-5-7-12/h3-8H,9H2,1-2H3,(H,20,23)(H,21,22). The van der Waals surface area contributed by atoms with E-state index >= 15 is 0 Å². The number of carboxylic acids is 1. The number of hydrogen-bond acceptors (Lipinski definition) is 5. The molecule has 0 radical (unpaired) electrons. The van der Waals surface area contributed by atoms with Gasteiger partial charge in [0.2, 0.25) is 0 Å². The molecule has 3 aromatic rings. The number of hydrogen-bond donors (Lipinski definition) is 2. The minimum Gasteiger partial charge on any atom is -0.477 e. The number of nitrogens with zero attached hydrogens (tertiary/aromatic N) is 1. The maximum atomic E-state index is 12.1. The molecule has 3 rings (SSSR count). The molecular weight excluding hydrogens is 340 g/mol. The number of carbonyl (C=O) groups excluding carboxylic acids is 1. The number of aromatic carboxylic acids is 1. The Morgan fingerprint density at radius 2 is 1.96 bits per heavy atom. The highest BCUT2D eigenvalue weighted by molar-refractivity contribution is 7.21. The lowest BCUT2D eigenvalue weighted by Gasteiger charge is -2.08. The number of amides is 1. The van der Waals surface area contributed by atoms with E-state index in [4.69, 9.17) is 4.74 Å². The number of anilines is 1. The molecule has 0 unspecified atom stereocenters. The number of ether oxygens (including phenoxy) is 1. The van der Waals surface area contributed by atoms with Crippen LogP contribution in [-0.2, 0) is 11.3 Å². The highest BCUT2D eigenvalue weighted by Gasteiger charge is 2.22. The van der Waals surface area contributed by atoms with Gasteiger partial charge in [-0.15, -0.1) is 11.3 Å². The van der Waals surface area contributed by atoms with Gasteiger partial charge in [0.05, 0.1) is 5.69 Å². The van der Waals surface area contributed by atoms with Crippen LogP contribution in [-0.4, -0.2) is 22.2 Å². The van der Waals surface area contributed by atoms with Crippen LogP contribution in [0.3, 0.4) is 0 Å². The number of rotatable bonds is 4. The maximum absolute atomic E-state index is 12.1. The number of aromatic nitrogens is 1. The number of nitrogens with one attached hydrogen (secondary N) is 1. The van der Waals surface area contributed by atoms with Gasteiger partial charge in [0, 0.05) is 11.1 Å². The molecule has 0 aliphatic rings. The van der Waals surface area contributed by atoms with E-state index in [1.54, 1.807) is 0 Å². The van der Waals surface area contributed by atoms with Crippen molar-refractivity contribution in [3.63, 3.8) is 0 Å². The molecule has 0 aliphatic carbocycles. The van der Waals surface area contributed by atoms with Gasteiger partial charge in [0.25, 0.3) is 0 Å². The van der Waals surface area contributed by atoms with E-state index in [9.17, 15) is 14.7 Å². The lowest BCUT2D eigenvalue weighted by molar-refractivity contribution is 0.0703. The summed E-state index contributed by atoms with van der Waals surface area (Å²) in [5, 5.41) is 12.6. The fourth-order valence-electron chi connectivity index (χ4n) is 2.57. The molecule has 2 N–H and O–H groups in total. The highest BCUT2D eigenvalue weighted by Crippen LogP contribution is 2.37. The Morgan fingerprint density at radius 3 is 2.64 bits per heavy atom. The number of pyridine rings is 1. The zero-order valence-electron chi connectivity index (χ0n) is 13.7. The first-order chi connectivity index (χ1) is 12.0. The van der Waals surface area contributed by atoms with Gasteiger partial charge < -0.3 is 9.84 Å². The minimum atomic E-state index is -1.11. The topological polar surface area (TPSA) is 88.5 Å². The zero-order chi connectivity index (χ0) is 18.0. The summed E-state index contributed by atoms with van der Waals surface area (Å²) in [6.45, 7) is 3.80. The third-order valence-electron chi connectivity index (χ3n) is 3.62. The van der Waals surface area contributed by atoms with Gasteiger partial charge in [-0.25, -0.2) is 14.6 Å². The number of carboxylic acid groups (broad SMARTS) is 1. The van der Waals surface area contributed by atoms with Crippen molar-refractivity contribution < 1.29 is 19.4 Å². The largest absolute Gasteiger partial charge is 0.477 e. The van der Waals surface area contributed by atoms with Crippen LogP contribution in [0.1, 0.15) is 26.5 Å². The Morgan fingerprint density at radius 1 is 1.24 bits per heavy atom. The normalized spacial score (nSPS) is 10.6. The summed E-state index contributed by atoms with van der Waals surface area (Å²) in [7, 11) is 0. The second-order valence-electron chi connectivity index (χ2n) is 5.56. The summed E-state index contributed by atoms with van der Waals surface area (Å²) in [6.07, 6.45) is -0.703. The molecule has 0 atom stereocenters. The lowest BCUT2D eigenvalue weighted by atomic mass is 10.1. The number of aryl methyl sites for hydroxylation is 2. The van der Waals surface area contributed by atoms with Crippen LogP contribution in [0.2, 0.25) is 0 Å². The summed E-state index contributed by atoms with van der Waals surface area (Å²) < 4.78 is 5.19. The van der Waals surface area contributed by atoms with Crippen molar-refractivity contribution in [2.24, 2.45) is 0 Å². The maximum Gasteiger partial charge on any atom is 0.412 e. The van der Waals surface area contributed by atoms with E-state index in [-0.39, 0.29) is 17.2 Å². The van der Waals surface area contributed by atoms with Gasteiger partial charge in [-0.2, -0.15) is 0 Å². The Labute approximate surface area is 148 Å². The zero-order valence-corrected chi connectivity index (χ0v) is 14.5. The summed E-state index contributed by atoms with van der Waals surface area (Å²) in [4.78, 5) is 28.7. The second-order valence-corrected chi connectivity index (χ2v) is 6.56. The molecule has 0 fully saturated rings. The van der Waals surface area contributed by atoms with Gasteiger partial charge in [0.1, 0.15) is 16.3 Å². The lowest BCUT2D eigenvalue weighted by Crippen LogP contribution is -2.15. The molecule has 7 heteroatoms. The Hall–Kier alpha value is -2.93.